The van der Waals surface area contributed by atoms with E-state index in [9.17, 15) is 9.59 Å². The van der Waals surface area contributed by atoms with E-state index >= 15 is 0 Å². The second-order valence-corrected chi connectivity index (χ2v) is 9.09. The van der Waals surface area contributed by atoms with Crippen LogP contribution < -0.4 is 0 Å². The van der Waals surface area contributed by atoms with E-state index in [-0.39, 0.29) is 0 Å². The average molecular weight is 355 g/mol. The van der Waals surface area contributed by atoms with Crippen molar-refractivity contribution in [2.24, 2.45) is 23.7 Å². The standard InChI is InChI=1S/C24H34O2/c1-15-12-21(25)8-10-23(15)17(3)19-6-5-7-20(14-19)18(4)24-11-9-22(26)13-16(24)2/h5-7,14-18,23-24H,8-13H2,1-4H3. The molecule has 1 aromatic rings. The predicted octanol–water partition coefficient (Wildman–Crippen LogP) is 5.90. The molecule has 2 aliphatic carbocycles. The lowest BCUT2D eigenvalue weighted by Crippen LogP contribution is -2.27. The summed E-state index contributed by atoms with van der Waals surface area (Å²) in [5, 5.41) is 0. The molecule has 26 heavy (non-hydrogen) atoms. The van der Waals surface area contributed by atoms with Crippen LogP contribution in [0.15, 0.2) is 24.3 Å². The van der Waals surface area contributed by atoms with Gasteiger partial charge in [-0.15, -0.1) is 0 Å². The summed E-state index contributed by atoms with van der Waals surface area (Å²) in [4.78, 5) is 23.5. The van der Waals surface area contributed by atoms with Gasteiger partial charge in [0.2, 0.25) is 0 Å². The molecule has 1 aromatic carbocycles. The molecule has 2 nitrogen and oxygen atoms in total. The summed E-state index contributed by atoms with van der Waals surface area (Å²) < 4.78 is 0. The fraction of sp³-hybridized carbons (Fsp3) is 0.667. The Bertz CT molecular complexity index is 609. The van der Waals surface area contributed by atoms with Gasteiger partial charge >= 0.3 is 0 Å². The van der Waals surface area contributed by atoms with Gasteiger partial charge in [0.1, 0.15) is 11.6 Å². The molecule has 0 radical (unpaired) electrons. The summed E-state index contributed by atoms with van der Waals surface area (Å²) in [5.74, 6) is 4.03. The van der Waals surface area contributed by atoms with Gasteiger partial charge in [-0.2, -0.15) is 0 Å². The van der Waals surface area contributed by atoms with Crippen LogP contribution in [0, 0.1) is 23.7 Å². The Kier molecular flexibility index (Phi) is 5.99. The van der Waals surface area contributed by atoms with E-state index in [4.69, 9.17) is 0 Å². The lowest BCUT2D eigenvalue weighted by atomic mass is 9.69. The topological polar surface area (TPSA) is 34.1 Å². The Morgan fingerprint density at radius 3 is 1.62 bits per heavy atom. The molecule has 0 aliphatic heterocycles. The monoisotopic (exact) mass is 354 g/mol. The summed E-state index contributed by atoms with van der Waals surface area (Å²) in [7, 11) is 0. The highest BCUT2D eigenvalue weighted by Gasteiger charge is 2.33. The lowest BCUT2D eigenvalue weighted by Gasteiger charge is -2.35. The van der Waals surface area contributed by atoms with Gasteiger partial charge in [-0.1, -0.05) is 52.0 Å². The molecule has 3 rings (SSSR count). The third-order valence-electron chi connectivity index (χ3n) is 7.32. The molecule has 0 saturated heterocycles. The minimum Gasteiger partial charge on any atom is -0.300 e. The first-order valence-corrected chi connectivity index (χ1v) is 10.5. The van der Waals surface area contributed by atoms with E-state index in [0.717, 1.165) is 38.5 Å². The molecule has 0 N–H and O–H groups in total. The zero-order valence-corrected chi connectivity index (χ0v) is 16.8. The van der Waals surface area contributed by atoms with Crippen molar-refractivity contribution < 1.29 is 9.59 Å². The third-order valence-corrected chi connectivity index (χ3v) is 7.32. The first-order valence-electron chi connectivity index (χ1n) is 10.5. The molecule has 6 atom stereocenters. The summed E-state index contributed by atoms with van der Waals surface area (Å²) in [6.07, 6.45) is 5.06. The van der Waals surface area contributed by atoms with Crippen molar-refractivity contribution >= 4 is 11.6 Å². The number of Topliss-reactive ketones (excluding diaryl/α,β-unsaturated/α-hetero) is 2. The maximum absolute atomic E-state index is 11.7. The van der Waals surface area contributed by atoms with Gasteiger partial charge in [-0.25, -0.2) is 0 Å². The summed E-state index contributed by atoms with van der Waals surface area (Å²) in [5.41, 5.74) is 2.83. The number of carbonyl (C=O) groups is 2. The normalized spacial score (nSPS) is 32.3. The molecular formula is C24H34O2. The van der Waals surface area contributed by atoms with Crippen molar-refractivity contribution in [3.05, 3.63) is 35.4 Å². The van der Waals surface area contributed by atoms with Crippen molar-refractivity contribution in [1.82, 2.24) is 0 Å². The minimum absolute atomic E-state index is 0.434. The molecule has 2 aliphatic rings. The van der Waals surface area contributed by atoms with Gasteiger partial charge in [0.05, 0.1) is 0 Å². The summed E-state index contributed by atoms with van der Waals surface area (Å²) in [6.45, 7) is 9.15. The van der Waals surface area contributed by atoms with Crippen molar-refractivity contribution in [2.75, 3.05) is 0 Å². The molecule has 2 fully saturated rings. The van der Waals surface area contributed by atoms with E-state index in [2.05, 4.69) is 52.0 Å². The van der Waals surface area contributed by atoms with Gasteiger partial charge in [0, 0.05) is 25.7 Å². The summed E-state index contributed by atoms with van der Waals surface area (Å²) >= 11 is 0. The first kappa shape index (κ1) is 19.3. The molecule has 0 heterocycles. The van der Waals surface area contributed by atoms with Crippen LogP contribution in [-0.4, -0.2) is 11.6 Å². The average Bonchev–Trinajstić information content (AvgIpc) is 2.61. The number of carbonyl (C=O) groups excluding carboxylic acids is 2. The quantitative estimate of drug-likeness (QED) is 0.674. The maximum Gasteiger partial charge on any atom is 0.133 e. The number of ketones is 2. The predicted molar refractivity (Wildman–Crippen MR) is 106 cm³/mol. The molecule has 142 valence electrons. The zero-order chi connectivity index (χ0) is 18.8. The van der Waals surface area contributed by atoms with Gasteiger partial charge in [0.15, 0.2) is 0 Å². The number of benzene rings is 1. The molecule has 6 unspecified atom stereocenters. The van der Waals surface area contributed by atoms with E-state index in [0.29, 0.717) is 47.1 Å². The molecule has 2 heteroatoms. The van der Waals surface area contributed by atoms with Crippen LogP contribution in [0.4, 0.5) is 0 Å². The molecular weight excluding hydrogens is 320 g/mol. The second-order valence-electron chi connectivity index (χ2n) is 9.09. The second kappa shape index (κ2) is 8.06. The van der Waals surface area contributed by atoms with Gasteiger partial charge in [-0.05, 0) is 59.5 Å². The van der Waals surface area contributed by atoms with Gasteiger partial charge < -0.3 is 0 Å². The van der Waals surface area contributed by atoms with Crippen molar-refractivity contribution in [3.63, 3.8) is 0 Å². The molecule has 0 amide bonds. The van der Waals surface area contributed by atoms with Crippen LogP contribution in [0.5, 0.6) is 0 Å². The molecule has 2 saturated carbocycles. The Hall–Kier alpha value is -1.44. The zero-order valence-electron chi connectivity index (χ0n) is 16.8. The van der Waals surface area contributed by atoms with Crippen LogP contribution in [0.25, 0.3) is 0 Å². The number of hydrogen-bond acceptors (Lipinski definition) is 2. The van der Waals surface area contributed by atoms with Crippen molar-refractivity contribution in [2.45, 2.75) is 78.1 Å². The number of hydrogen-bond donors (Lipinski definition) is 0. The first-order chi connectivity index (χ1) is 12.4. The van der Waals surface area contributed by atoms with Crippen molar-refractivity contribution in [3.8, 4) is 0 Å². The van der Waals surface area contributed by atoms with Crippen LogP contribution in [-0.2, 0) is 9.59 Å². The molecule has 0 aromatic heterocycles. The fourth-order valence-corrected chi connectivity index (χ4v) is 5.55. The highest BCUT2D eigenvalue weighted by molar-refractivity contribution is 5.79. The largest absolute Gasteiger partial charge is 0.300 e. The van der Waals surface area contributed by atoms with Gasteiger partial charge in [-0.3, -0.25) is 9.59 Å². The Morgan fingerprint density at radius 1 is 0.808 bits per heavy atom. The lowest BCUT2D eigenvalue weighted by molar-refractivity contribution is -0.123. The summed E-state index contributed by atoms with van der Waals surface area (Å²) in [6, 6.07) is 9.13. The van der Waals surface area contributed by atoms with Crippen LogP contribution in [0.3, 0.4) is 0 Å². The van der Waals surface area contributed by atoms with Crippen molar-refractivity contribution in [1.29, 1.82) is 0 Å². The van der Waals surface area contributed by atoms with E-state index in [1.54, 1.807) is 0 Å². The van der Waals surface area contributed by atoms with Gasteiger partial charge in [0.25, 0.3) is 0 Å². The smallest absolute Gasteiger partial charge is 0.133 e. The van der Waals surface area contributed by atoms with E-state index in [1.807, 2.05) is 0 Å². The Morgan fingerprint density at radius 2 is 1.23 bits per heavy atom. The Labute approximate surface area is 158 Å². The van der Waals surface area contributed by atoms with Crippen LogP contribution in [0.1, 0.15) is 89.2 Å². The van der Waals surface area contributed by atoms with E-state index < -0.39 is 0 Å². The fourth-order valence-electron chi connectivity index (χ4n) is 5.55. The number of rotatable bonds is 4. The highest BCUT2D eigenvalue weighted by atomic mass is 16.1. The van der Waals surface area contributed by atoms with Crippen LogP contribution in [0.2, 0.25) is 0 Å². The van der Waals surface area contributed by atoms with E-state index in [1.165, 1.54) is 11.1 Å². The minimum atomic E-state index is 0.434. The SMILES string of the molecule is CC1CC(=O)CCC1C(C)c1cccc(C(C)C2CCC(=O)CC2C)c1. The molecule has 0 spiro atoms. The maximum atomic E-state index is 11.7. The van der Waals surface area contributed by atoms with Crippen LogP contribution >= 0.6 is 0 Å². The highest BCUT2D eigenvalue weighted by Crippen LogP contribution is 2.41. The molecule has 0 bridgehead atoms. The third kappa shape index (κ3) is 4.10. The Balaban J connectivity index is 1.75.